The summed E-state index contributed by atoms with van der Waals surface area (Å²) in [5.41, 5.74) is 6.17. The minimum Gasteiger partial charge on any atom is -0.354 e. The third-order valence-corrected chi connectivity index (χ3v) is 4.16. The molecule has 0 spiro atoms. The summed E-state index contributed by atoms with van der Waals surface area (Å²) in [5, 5.41) is 0. The molecule has 0 aliphatic heterocycles. The summed E-state index contributed by atoms with van der Waals surface area (Å²) in [6.07, 6.45) is 0.377. The average Bonchev–Trinajstić information content (AvgIpc) is 2.00. The van der Waals surface area contributed by atoms with Crippen molar-refractivity contribution < 1.29 is 9.47 Å². The van der Waals surface area contributed by atoms with E-state index in [0.717, 1.165) is 0 Å². The molecule has 3 nitrogen and oxygen atoms in total. The van der Waals surface area contributed by atoms with Crippen molar-refractivity contribution in [1.29, 1.82) is 0 Å². The van der Waals surface area contributed by atoms with Crippen LogP contribution in [0.3, 0.4) is 0 Å². The molecule has 91 valence electrons. The van der Waals surface area contributed by atoms with Crippen molar-refractivity contribution in [1.82, 2.24) is 0 Å². The maximum absolute atomic E-state index is 6.01. The van der Waals surface area contributed by atoms with Crippen LogP contribution in [0.5, 0.6) is 0 Å². The van der Waals surface area contributed by atoms with Gasteiger partial charge in [0.25, 0.3) is 0 Å². The highest BCUT2D eigenvalue weighted by molar-refractivity contribution is 6.38. The van der Waals surface area contributed by atoms with Crippen LogP contribution in [-0.2, 0) is 9.47 Å². The van der Waals surface area contributed by atoms with Gasteiger partial charge < -0.3 is 15.2 Å². The fourth-order valence-corrected chi connectivity index (χ4v) is 3.11. The first-order valence-corrected chi connectivity index (χ1v) is 7.35. The molecule has 2 N–H and O–H groups in total. The first-order chi connectivity index (χ1) is 6.82. The maximum atomic E-state index is 6.01. The van der Waals surface area contributed by atoms with Crippen molar-refractivity contribution in [3.63, 3.8) is 0 Å². The minimum atomic E-state index is -0.613. The SMILES string of the molecule is [CH2]C(C)C(N)[SiH2]C(OC(C)C)OC(C)C. The van der Waals surface area contributed by atoms with Crippen molar-refractivity contribution in [3.8, 4) is 0 Å². The molecule has 0 saturated heterocycles. The molecular weight excluding hydrogens is 206 g/mol. The lowest BCUT2D eigenvalue weighted by Gasteiger charge is -2.26. The second-order valence-corrected chi connectivity index (χ2v) is 6.76. The summed E-state index contributed by atoms with van der Waals surface area (Å²) >= 11 is 0. The first kappa shape index (κ1) is 15.1. The molecule has 0 rings (SSSR count). The highest BCUT2D eigenvalue weighted by Crippen LogP contribution is 2.06. The average molecular weight is 232 g/mol. The normalized spacial score (nSPS) is 15.4. The number of rotatable bonds is 7. The Morgan fingerprint density at radius 3 is 1.67 bits per heavy atom. The molecule has 0 amide bonds. The molecule has 15 heavy (non-hydrogen) atoms. The van der Waals surface area contributed by atoms with E-state index in [9.17, 15) is 0 Å². The van der Waals surface area contributed by atoms with E-state index < -0.39 is 9.52 Å². The van der Waals surface area contributed by atoms with Gasteiger partial charge in [-0.05, 0) is 46.2 Å². The Hall–Kier alpha value is 0.0969. The Balaban J connectivity index is 4.11. The van der Waals surface area contributed by atoms with Gasteiger partial charge in [0.2, 0.25) is 0 Å². The zero-order valence-electron chi connectivity index (χ0n) is 10.7. The van der Waals surface area contributed by atoms with Crippen LogP contribution in [0.25, 0.3) is 0 Å². The Morgan fingerprint density at radius 2 is 1.40 bits per heavy atom. The van der Waals surface area contributed by atoms with Gasteiger partial charge in [0.15, 0.2) is 0 Å². The molecule has 0 aromatic carbocycles. The Bertz CT molecular complexity index is 153. The first-order valence-electron chi connectivity index (χ1n) is 5.72. The van der Waals surface area contributed by atoms with Gasteiger partial charge in [-0.2, -0.15) is 0 Å². The number of ether oxygens (including phenoxy) is 2. The lowest BCUT2D eigenvalue weighted by atomic mass is 10.2. The number of nitrogens with two attached hydrogens (primary N) is 1. The van der Waals surface area contributed by atoms with Crippen molar-refractivity contribution in [2.24, 2.45) is 11.7 Å². The molecule has 0 aromatic heterocycles. The molecule has 0 aromatic rings. The van der Waals surface area contributed by atoms with Crippen molar-refractivity contribution >= 4 is 9.52 Å². The second-order valence-electron chi connectivity index (χ2n) is 4.68. The summed E-state index contributed by atoms with van der Waals surface area (Å²) in [5.74, 6) is 0.190. The zero-order chi connectivity index (χ0) is 12.0. The predicted molar refractivity (Wildman–Crippen MR) is 67.3 cm³/mol. The predicted octanol–water partition coefficient (Wildman–Crippen LogP) is 1.04. The Morgan fingerprint density at radius 1 is 1.00 bits per heavy atom. The molecule has 0 saturated carbocycles. The highest BCUT2D eigenvalue weighted by Gasteiger charge is 2.20. The van der Waals surface area contributed by atoms with Gasteiger partial charge in [-0.3, -0.25) is 0 Å². The molecule has 4 heteroatoms. The Labute approximate surface area is 96.5 Å². The van der Waals surface area contributed by atoms with Crippen molar-refractivity contribution in [2.75, 3.05) is 0 Å². The van der Waals surface area contributed by atoms with Crippen molar-refractivity contribution in [3.05, 3.63) is 6.92 Å². The van der Waals surface area contributed by atoms with E-state index in [0.29, 0.717) is 0 Å². The van der Waals surface area contributed by atoms with E-state index in [1.54, 1.807) is 0 Å². The van der Waals surface area contributed by atoms with Crippen LogP contribution in [-0.4, -0.2) is 33.3 Å². The standard InChI is InChI=1S/C11H26NO2Si/c1-7(2)10(12)15-11(13-8(3)4)14-9(5)6/h7-11H,1,12,15H2,2-6H3. The van der Waals surface area contributed by atoms with Crippen LogP contribution in [0, 0.1) is 12.8 Å². The molecule has 0 bridgehead atoms. The number of hydrogen-bond acceptors (Lipinski definition) is 3. The molecular formula is C11H26NO2Si. The van der Waals surface area contributed by atoms with Crippen molar-refractivity contribution in [2.45, 2.75) is 58.4 Å². The van der Waals surface area contributed by atoms with Crippen LogP contribution < -0.4 is 5.73 Å². The molecule has 2 unspecified atom stereocenters. The van der Waals surface area contributed by atoms with E-state index in [1.165, 1.54) is 0 Å². The molecule has 1 radical (unpaired) electrons. The monoisotopic (exact) mass is 232 g/mol. The summed E-state index contributed by atoms with van der Waals surface area (Å²) < 4.78 is 11.4. The minimum absolute atomic E-state index is 0.0794. The van der Waals surface area contributed by atoms with Gasteiger partial charge in [0.05, 0.1) is 12.2 Å². The van der Waals surface area contributed by atoms with E-state index in [-0.39, 0.29) is 29.7 Å². The summed E-state index contributed by atoms with van der Waals surface area (Å²) in [6, 6.07) is 0. The second kappa shape index (κ2) is 7.38. The van der Waals surface area contributed by atoms with Gasteiger partial charge >= 0.3 is 0 Å². The lowest BCUT2D eigenvalue weighted by Crippen LogP contribution is -2.43. The summed E-state index contributed by atoms with van der Waals surface area (Å²) in [6.45, 7) is 14.1. The van der Waals surface area contributed by atoms with Gasteiger partial charge in [-0.1, -0.05) is 6.92 Å². The summed E-state index contributed by atoms with van der Waals surface area (Å²) in [7, 11) is -0.613. The molecule has 0 aliphatic carbocycles. The number of hydrogen-bond donors (Lipinski definition) is 1. The third-order valence-electron chi connectivity index (χ3n) is 2.04. The molecule has 2 atom stereocenters. The fourth-order valence-electron chi connectivity index (χ4n) is 1.20. The topological polar surface area (TPSA) is 44.5 Å². The van der Waals surface area contributed by atoms with Crippen LogP contribution in [0.4, 0.5) is 0 Å². The van der Waals surface area contributed by atoms with Gasteiger partial charge in [0.1, 0.15) is 15.4 Å². The van der Waals surface area contributed by atoms with Gasteiger partial charge in [-0.15, -0.1) is 0 Å². The van der Waals surface area contributed by atoms with E-state index in [2.05, 4.69) is 6.92 Å². The lowest BCUT2D eigenvalue weighted by molar-refractivity contribution is -0.134. The fraction of sp³-hybridized carbons (Fsp3) is 0.909. The Kier molecular flexibility index (Phi) is 7.43. The van der Waals surface area contributed by atoms with Gasteiger partial charge in [0, 0.05) is 0 Å². The smallest absolute Gasteiger partial charge is 0.137 e. The maximum Gasteiger partial charge on any atom is 0.137 e. The van der Waals surface area contributed by atoms with Crippen LogP contribution in [0.1, 0.15) is 34.6 Å². The third kappa shape index (κ3) is 7.96. The zero-order valence-corrected chi connectivity index (χ0v) is 12.1. The van der Waals surface area contributed by atoms with Crippen LogP contribution in [0.15, 0.2) is 0 Å². The van der Waals surface area contributed by atoms with Crippen LogP contribution in [0.2, 0.25) is 0 Å². The highest BCUT2D eigenvalue weighted by atomic mass is 28.2. The largest absolute Gasteiger partial charge is 0.354 e. The van der Waals surface area contributed by atoms with E-state index in [1.807, 2.05) is 34.6 Å². The quantitative estimate of drug-likeness (QED) is 0.527. The molecule has 0 heterocycles. The molecule has 0 aliphatic rings. The van der Waals surface area contributed by atoms with E-state index >= 15 is 0 Å². The van der Waals surface area contributed by atoms with E-state index in [4.69, 9.17) is 15.2 Å². The summed E-state index contributed by atoms with van der Waals surface area (Å²) in [4.78, 5) is 0. The van der Waals surface area contributed by atoms with Crippen LogP contribution >= 0.6 is 0 Å². The van der Waals surface area contributed by atoms with Gasteiger partial charge in [-0.25, -0.2) is 0 Å². The molecule has 0 fully saturated rings.